The minimum Gasteiger partial charge on any atom is -0.478 e. The molecule has 0 unspecified atom stereocenters. The second-order valence-corrected chi connectivity index (χ2v) is 7.32. The van der Waals surface area contributed by atoms with Crippen LogP contribution >= 0.6 is 0 Å². The maximum Gasteiger partial charge on any atom is 0.336 e. The highest BCUT2D eigenvalue weighted by molar-refractivity contribution is 5.85. The molecule has 0 radical (unpaired) electrons. The highest BCUT2D eigenvalue weighted by Gasteiger charge is 2.22. The van der Waals surface area contributed by atoms with Crippen LogP contribution in [0, 0.1) is 5.82 Å². The van der Waals surface area contributed by atoms with E-state index in [0.717, 1.165) is 60.1 Å². The Bertz CT molecular complexity index is 1040. The third-order valence-electron chi connectivity index (χ3n) is 5.25. The molecule has 0 aliphatic carbocycles. The van der Waals surface area contributed by atoms with Gasteiger partial charge in [-0.05, 0) is 54.7 Å². The molecule has 1 aliphatic rings. The summed E-state index contributed by atoms with van der Waals surface area (Å²) in [7, 11) is 0. The van der Waals surface area contributed by atoms with Crippen molar-refractivity contribution in [2.75, 3.05) is 13.3 Å². The van der Waals surface area contributed by atoms with Gasteiger partial charge in [0.15, 0.2) is 0 Å². The fourth-order valence-corrected chi connectivity index (χ4v) is 3.74. The number of halogens is 1. The summed E-state index contributed by atoms with van der Waals surface area (Å²) >= 11 is 0. The molecule has 1 aromatic heterocycles. The van der Waals surface area contributed by atoms with E-state index in [0.29, 0.717) is 18.9 Å². The maximum absolute atomic E-state index is 13.4. The van der Waals surface area contributed by atoms with Crippen molar-refractivity contribution in [1.29, 1.82) is 0 Å². The SMILES string of the molecule is CCCCc1cc(=O)oc2c3c(ccc12)OCN(CCc1cccc(F)c1)C3. The normalized spacial score (nSPS) is 14.1. The number of nitrogens with zero attached hydrogens (tertiary/aromatic N) is 1. The number of hydrogen-bond acceptors (Lipinski definition) is 4. The Hall–Kier alpha value is -2.66. The van der Waals surface area contributed by atoms with Crippen molar-refractivity contribution in [3.63, 3.8) is 0 Å². The van der Waals surface area contributed by atoms with Crippen molar-refractivity contribution in [3.8, 4) is 5.75 Å². The monoisotopic (exact) mass is 381 g/mol. The van der Waals surface area contributed by atoms with E-state index in [1.807, 2.05) is 18.2 Å². The minimum atomic E-state index is -0.316. The van der Waals surface area contributed by atoms with Crippen LogP contribution < -0.4 is 10.4 Å². The van der Waals surface area contributed by atoms with Crippen LogP contribution in [0.15, 0.2) is 51.7 Å². The van der Waals surface area contributed by atoms with Gasteiger partial charge < -0.3 is 9.15 Å². The Morgan fingerprint density at radius 2 is 2.04 bits per heavy atom. The quantitative estimate of drug-likeness (QED) is 0.582. The predicted molar refractivity (Wildman–Crippen MR) is 107 cm³/mol. The zero-order valence-corrected chi connectivity index (χ0v) is 16.0. The zero-order valence-electron chi connectivity index (χ0n) is 16.0. The molecule has 4 nitrogen and oxygen atoms in total. The van der Waals surface area contributed by atoms with Crippen LogP contribution in [0.2, 0.25) is 0 Å². The Morgan fingerprint density at radius 1 is 1.14 bits per heavy atom. The summed E-state index contributed by atoms with van der Waals surface area (Å²) in [5.41, 5.74) is 3.22. The Kier molecular flexibility index (Phi) is 5.44. The van der Waals surface area contributed by atoms with Crippen molar-refractivity contribution in [3.05, 3.63) is 75.4 Å². The molecular weight excluding hydrogens is 357 g/mol. The van der Waals surface area contributed by atoms with Gasteiger partial charge >= 0.3 is 5.63 Å². The van der Waals surface area contributed by atoms with E-state index >= 15 is 0 Å². The van der Waals surface area contributed by atoms with Gasteiger partial charge in [-0.3, -0.25) is 4.90 Å². The first-order valence-corrected chi connectivity index (χ1v) is 9.82. The number of unbranched alkanes of at least 4 members (excludes halogenated alkanes) is 1. The number of hydrogen-bond donors (Lipinski definition) is 0. The van der Waals surface area contributed by atoms with Crippen LogP contribution in [0.25, 0.3) is 11.0 Å². The second-order valence-electron chi connectivity index (χ2n) is 7.32. The van der Waals surface area contributed by atoms with Crippen LogP contribution in [-0.2, 0) is 19.4 Å². The van der Waals surface area contributed by atoms with Crippen LogP contribution in [0.1, 0.15) is 36.5 Å². The van der Waals surface area contributed by atoms with E-state index in [1.54, 1.807) is 18.2 Å². The second kappa shape index (κ2) is 8.15. The van der Waals surface area contributed by atoms with Crippen molar-refractivity contribution in [2.24, 2.45) is 0 Å². The zero-order chi connectivity index (χ0) is 19.5. The molecule has 146 valence electrons. The van der Waals surface area contributed by atoms with Gasteiger partial charge in [-0.15, -0.1) is 0 Å². The van der Waals surface area contributed by atoms with Gasteiger partial charge in [0.2, 0.25) is 0 Å². The van der Waals surface area contributed by atoms with Crippen LogP contribution in [0.4, 0.5) is 4.39 Å². The van der Waals surface area contributed by atoms with Crippen molar-refractivity contribution in [2.45, 2.75) is 39.2 Å². The fourth-order valence-electron chi connectivity index (χ4n) is 3.74. The number of ether oxygens (including phenoxy) is 1. The summed E-state index contributed by atoms with van der Waals surface area (Å²) in [6, 6.07) is 12.2. The van der Waals surface area contributed by atoms with Crippen LogP contribution in [-0.4, -0.2) is 18.2 Å². The Balaban J connectivity index is 1.59. The molecule has 2 aromatic carbocycles. The molecule has 0 amide bonds. The molecule has 0 bridgehead atoms. The maximum atomic E-state index is 13.4. The third-order valence-corrected chi connectivity index (χ3v) is 5.25. The van der Waals surface area contributed by atoms with Gasteiger partial charge in [0.25, 0.3) is 0 Å². The van der Waals surface area contributed by atoms with E-state index in [-0.39, 0.29) is 11.4 Å². The lowest BCUT2D eigenvalue weighted by atomic mass is 10.0. The number of rotatable bonds is 6. The molecule has 4 rings (SSSR count). The Labute approximate surface area is 163 Å². The number of aryl methyl sites for hydroxylation is 1. The molecule has 0 spiro atoms. The first kappa shape index (κ1) is 18.7. The summed E-state index contributed by atoms with van der Waals surface area (Å²) in [5, 5.41) is 0.988. The van der Waals surface area contributed by atoms with Gasteiger partial charge in [-0.25, -0.2) is 9.18 Å². The molecule has 3 aromatic rings. The van der Waals surface area contributed by atoms with Crippen LogP contribution in [0.3, 0.4) is 0 Å². The van der Waals surface area contributed by atoms with E-state index in [9.17, 15) is 9.18 Å². The lowest BCUT2D eigenvalue weighted by Gasteiger charge is -2.29. The van der Waals surface area contributed by atoms with Gasteiger partial charge in [-0.1, -0.05) is 25.5 Å². The van der Waals surface area contributed by atoms with Gasteiger partial charge in [0.1, 0.15) is 23.9 Å². The third kappa shape index (κ3) is 3.94. The fraction of sp³-hybridized carbons (Fsp3) is 0.348. The van der Waals surface area contributed by atoms with E-state index in [4.69, 9.17) is 9.15 Å². The largest absolute Gasteiger partial charge is 0.478 e. The molecule has 0 atom stereocenters. The highest BCUT2D eigenvalue weighted by Crippen LogP contribution is 2.33. The van der Waals surface area contributed by atoms with Crippen molar-refractivity contribution < 1.29 is 13.5 Å². The summed E-state index contributed by atoms with van der Waals surface area (Å²) in [6.45, 7) is 3.98. The molecule has 0 saturated carbocycles. The van der Waals surface area contributed by atoms with Crippen molar-refractivity contribution in [1.82, 2.24) is 4.90 Å². The van der Waals surface area contributed by atoms with Gasteiger partial charge in [-0.2, -0.15) is 0 Å². The predicted octanol–water partition coefficient (Wildman–Crippen LogP) is 4.67. The molecular formula is C23H24FNO3. The number of fused-ring (bicyclic) bond motifs is 3. The molecule has 28 heavy (non-hydrogen) atoms. The highest BCUT2D eigenvalue weighted by atomic mass is 19.1. The molecule has 1 aliphatic heterocycles. The van der Waals surface area contributed by atoms with Crippen molar-refractivity contribution >= 4 is 11.0 Å². The average Bonchev–Trinajstić information content (AvgIpc) is 2.70. The summed E-state index contributed by atoms with van der Waals surface area (Å²) < 4.78 is 24.9. The average molecular weight is 381 g/mol. The first-order chi connectivity index (χ1) is 13.6. The minimum absolute atomic E-state index is 0.217. The van der Waals surface area contributed by atoms with Gasteiger partial charge in [0.05, 0.1) is 5.56 Å². The topological polar surface area (TPSA) is 42.7 Å². The van der Waals surface area contributed by atoms with E-state index < -0.39 is 0 Å². The van der Waals surface area contributed by atoms with Crippen LogP contribution in [0.5, 0.6) is 5.75 Å². The molecule has 2 heterocycles. The molecule has 0 fully saturated rings. The van der Waals surface area contributed by atoms with E-state index in [2.05, 4.69) is 11.8 Å². The van der Waals surface area contributed by atoms with E-state index in [1.165, 1.54) is 6.07 Å². The smallest absolute Gasteiger partial charge is 0.336 e. The standard InChI is InChI=1S/C23H24FNO3/c1-2-3-6-17-13-22(26)28-23-19(17)8-9-21-20(23)14-25(15-27-21)11-10-16-5-4-7-18(24)12-16/h4-5,7-9,12-13H,2-3,6,10-11,14-15H2,1H3. The summed E-state index contributed by atoms with van der Waals surface area (Å²) in [5.74, 6) is 0.551. The summed E-state index contributed by atoms with van der Waals surface area (Å²) in [4.78, 5) is 14.3. The lowest BCUT2D eigenvalue weighted by molar-refractivity contribution is 0.0967. The van der Waals surface area contributed by atoms with Gasteiger partial charge in [0, 0.05) is 24.5 Å². The lowest BCUT2D eigenvalue weighted by Crippen LogP contribution is -2.33. The first-order valence-electron chi connectivity index (χ1n) is 9.82. The molecule has 0 saturated heterocycles. The summed E-state index contributed by atoms with van der Waals surface area (Å²) in [6.07, 6.45) is 3.70. The number of benzene rings is 2. The Morgan fingerprint density at radius 3 is 2.86 bits per heavy atom. The molecule has 5 heteroatoms. The molecule has 0 N–H and O–H groups in total.